The number of nitrogens with one attached hydrogen (secondary N) is 3. The molecule has 4 aromatic rings. The Morgan fingerprint density at radius 1 is 0.828 bits per heavy atom. The second-order valence-corrected chi connectivity index (χ2v) is 16.4. The average molecular weight is 813 g/mol. The fourth-order valence-electron chi connectivity index (χ4n) is 6.76. The number of imide groups is 2. The minimum atomic E-state index is -3.48. The third kappa shape index (κ3) is 10.5. The molecule has 3 N–H and O–H groups in total. The molecular formula is C42H48N6O9S. The van der Waals surface area contributed by atoms with Crippen LogP contribution in [0.25, 0.3) is 0 Å². The van der Waals surface area contributed by atoms with Crippen molar-refractivity contribution in [1.82, 2.24) is 20.2 Å². The maximum absolute atomic E-state index is 13.3. The maximum atomic E-state index is 13.3. The van der Waals surface area contributed by atoms with Gasteiger partial charge in [0.05, 0.1) is 29.7 Å². The van der Waals surface area contributed by atoms with Crippen molar-refractivity contribution >= 4 is 45.3 Å². The Kier molecular flexibility index (Phi) is 13.4. The van der Waals surface area contributed by atoms with Crippen LogP contribution in [0.5, 0.6) is 11.5 Å². The summed E-state index contributed by atoms with van der Waals surface area (Å²) in [6.07, 6.45) is 6.02. The molecule has 2 aliphatic rings. The Hall–Kier alpha value is -5.87. The third-order valence-corrected chi connectivity index (χ3v) is 10.5. The van der Waals surface area contributed by atoms with Gasteiger partial charge >= 0.3 is 0 Å². The SMILES string of the molecule is CC(C)(c1ccc(OCCCCOCCCCNc2cccc3c2C(=O)N(C2CCC(=O)NC2=O)C3=O)cc1)c1ccc(OCc2ccnc(NS(C)(=O)=O)n2)cc1. The predicted octanol–water partition coefficient (Wildman–Crippen LogP) is 5.22. The van der Waals surface area contributed by atoms with Gasteiger partial charge in [0.25, 0.3) is 11.8 Å². The van der Waals surface area contributed by atoms with E-state index < -0.39 is 39.7 Å². The molecule has 1 saturated heterocycles. The maximum Gasteiger partial charge on any atom is 0.264 e. The average Bonchev–Trinajstić information content (AvgIpc) is 3.45. The van der Waals surface area contributed by atoms with Crippen LogP contribution in [0, 0.1) is 0 Å². The van der Waals surface area contributed by atoms with Gasteiger partial charge in [-0.05, 0) is 85.7 Å². The quantitative estimate of drug-likeness (QED) is 0.0779. The van der Waals surface area contributed by atoms with Crippen LogP contribution in [-0.2, 0) is 36.4 Å². The van der Waals surface area contributed by atoms with Crippen LogP contribution in [0.3, 0.4) is 0 Å². The summed E-state index contributed by atoms with van der Waals surface area (Å²) in [5.41, 5.74) is 3.57. The number of unbranched alkanes of at least 4 members (excludes halogenated alkanes) is 2. The van der Waals surface area contributed by atoms with Crippen molar-refractivity contribution in [3.05, 3.63) is 107 Å². The summed E-state index contributed by atoms with van der Waals surface area (Å²) in [5, 5.41) is 5.48. The van der Waals surface area contributed by atoms with E-state index in [0.717, 1.165) is 53.7 Å². The first kappa shape index (κ1) is 41.8. The highest BCUT2D eigenvalue weighted by molar-refractivity contribution is 7.92. The zero-order chi connectivity index (χ0) is 41.3. The van der Waals surface area contributed by atoms with Crippen molar-refractivity contribution < 1.29 is 41.8 Å². The van der Waals surface area contributed by atoms with E-state index in [1.165, 1.54) is 6.20 Å². The van der Waals surface area contributed by atoms with Crippen molar-refractivity contribution in [1.29, 1.82) is 0 Å². The molecule has 0 bridgehead atoms. The van der Waals surface area contributed by atoms with Gasteiger partial charge in [0.1, 0.15) is 24.1 Å². The van der Waals surface area contributed by atoms with Crippen molar-refractivity contribution in [2.45, 2.75) is 70.4 Å². The van der Waals surface area contributed by atoms with Gasteiger partial charge in [0.2, 0.25) is 27.8 Å². The first-order valence-corrected chi connectivity index (χ1v) is 21.1. The summed E-state index contributed by atoms with van der Waals surface area (Å²) in [5.74, 6) is -0.630. The van der Waals surface area contributed by atoms with Crippen LogP contribution in [0.15, 0.2) is 79.0 Å². The first-order chi connectivity index (χ1) is 27.8. The number of aromatic nitrogens is 2. The number of hydrogen-bond donors (Lipinski definition) is 3. The van der Waals surface area contributed by atoms with Crippen molar-refractivity contribution in [3.8, 4) is 11.5 Å². The number of rotatable bonds is 20. The minimum absolute atomic E-state index is 0.00163. The molecule has 1 fully saturated rings. The Balaban J connectivity index is 0.847. The van der Waals surface area contributed by atoms with E-state index in [4.69, 9.17) is 14.2 Å². The Morgan fingerprint density at radius 3 is 2.16 bits per heavy atom. The number of carbonyl (C=O) groups is 4. The normalized spacial score (nSPS) is 15.6. The molecule has 1 unspecified atom stereocenters. The van der Waals surface area contributed by atoms with E-state index in [0.29, 0.717) is 43.5 Å². The van der Waals surface area contributed by atoms with Gasteiger partial charge in [-0.15, -0.1) is 0 Å². The van der Waals surface area contributed by atoms with E-state index in [-0.39, 0.29) is 41.9 Å². The van der Waals surface area contributed by atoms with E-state index in [9.17, 15) is 27.6 Å². The summed E-state index contributed by atoms with van der Waals surface area (Å²) >= 11 is 0. The number of sulfonamides is 1. The highest BCUT2D eigenvalue weighted by Gasteiger charge is 2.45. The second kappa shape index (κ2) is 18.6. The molecule has 0 radical (unpaired) electrons. The Morgan fingerprint density at radius 2 is 1.48 bits per heavy atom. The van der Waals surface area contributed by atoms with Crippen LogP contribution in [0.4, 0.5) is 11.6 Å². The topological polar surface area (TPSA) is 195 Å². The van der Waals surface area contributed by atoms with E-state index in [1.54, 1.807) is 24.3 Å². The smallest absolute Gasteiger partial charge is 0.264 e. The Bertz CT molecular complexity index is 2230. The van der Waals surface area contributed by atoms with Crippen molar-refractivity contribution in [2.24, 2.45) is 0 Å². The van der Waals surface area contributed by atoms with Crippen LogP contribution < -0.4 is 24.8 Å². The number of hydrogen-bond acceptors (Lipinski definition) is 12. The van der Waals surface area contributed by atoms with Gasteiger partial charge in [-0.3, -0.25) is 34.1 Å². The number of benzene rings is 3. The largest absolute Gasteiger partial charge is 0.494 e. The number of nitrogens with zero attached hydrogens (tertiary/aromatic N) is 3. The lowest BCUT2D eigenvalue weighted by Gasteiger charge is -2.27. The molecule has 58 heavy (non-hydrogen) atoms. The number of amides is 4. The molecule has 6 rings (SSSR count). The lowest BCUT2D eigenvalue weighted by molar-refractivity contribution is -0.136. The second-order valence-electron chi connectivity index (χ2n) is 14.7. The fraction of sp³-hybridized carbons (Fsp3) is 0.381. The zero-order valence-electron chi connectivity index (χ0n) is 32.8. The molecule has 0 aliphatic carbocycles. The number of ether oxygens (including phenoxy) is 3. The van der Waals surface area contributed by atoms with Gasteiger partial charge < -0.3 is 19.5 Å². The van der Waals surface area contributed by atoms with Crippen molar-refractivity contribution in [3.63, 3.8) is 0 Å². The number of carbonyl (C=O) groups excluding carboxylic acids is 4. The molecule has 15 nitrogen and oxygen atoms in total. The van der Waals surface area contributed by atoms with Crippen molar-refractivity contribution in [2.75, 3.05) is 42.7 Å². The fourth-order valence-corrected chi connectivity index (χ4v) is 7.19. The van der Waals surface area contributed by atoms with E-state index in [2.05, 4.69) is 51.3 Å². The van der Waals surface area contributed by atoms with Gasteiger partial charge in [0, 0.05) is 43.5 Å². The molecule has 3 aromatic carbocycles. The van der Waals surface area contributed by atoms with E-state index in [1.807, 2.05) is 36.4 Å². The molecule has 0 saturated carbocycles. The molecule has 306 valence electrons. The molecule has 1 atom stereocenters. The standard InChI is InChI=1S/C42H48N6O9S/c1-42(2,29-13-17-32(18-14-29)57-27-30-21-23-44-41(45-30)47-58(3,53)54)28-11-15-31(16-12-28)56-26-7-6-25-55-24-5-4-22-43-34-10-8-9-33-37(34)40(52)48(39(33)51)35-19-20-36(49)46-38(35)50/h8-18,21,23,35,43H,4-7,19-20,22,24-27H2,1-3H3,(H,44,45,47)(H,46,49,50). The summed E-state index contributed by atoms with van der Waals surface area (Å²) < 4.78 is 42.9. The molecule has 4 amide bonds. The minimum Gasteiger partial charge on any atom is -0.494 e. The highest BCUT2D eigenvalue weighted by Crippen LogP contribution is 2.34. The molecule has 2 aliphatic heterocycles. The molecule has 3 heterocycles. The number of fused-ring (bicyclic) bond motifs is 1. The van der Waals surface area contributed by atoms with Crippen LogP contribution in [0.1, 0.15) is 89.9 Å². The van der Waals surface area contributed by atoms with Gasteiger partial charge in [0.15, 0.2) is 0 Å². The molecule has 16 heteroatoms. The summed E-state index contributed by atoms with van der Waals surface area (Å²) in [4.78, 5) is 59.3. The van der Waals surface area contributed by atoms with Crippen LogP contribution in [-0.4, -0.2) is 85.6 Å². The molecular weight excluding hydrogens is 765 g/mol. The van der Waals surface area contributed by atoms with Gasteiger partial charge in [-0.2, -0.15) is 0 Å². The molecule has 0 spiro atoms. The Labute approximate surface area is 337 Å². The van der Waals surface area contributed by atoms with Crippen LogP contribution >= 0.6 is 0 Å². The van der Waals surface area contributed by atoms with Gasteiger partial charge in [-0.1, -0.05) is 44.2 Å². The highest BCUT2D eigenvalue weighted by atomic mass is 32.2. The number of piperidine rings is 1. The summed E-state index contributed by atoms with van der Waals surface area (Å²) in [6, 6.07) is 21.7. The summed E-state index contributed by atoms with van der Waals surface area (Å²) in [7, 11) is -3.48. The van der Waals surface area contributed by atoms with E-state index >= 15 is 0 Å². The first-order valence-electron chi connectivity index (χ1n) is 19.2. The lowest BCUT2D eigenvalue weighted by Crippen LogP contribution is -2.54. The van der Waals surface area contributed by atoms with Crippen LogP contribution in [0.2, 0.25) is 0 Å². The zero-order valence-corrected chi connectivity index (χ0v) is 33.6. The van der Waals surface area contributed by atoms with Gasteiger partial charge in [-0.25, -0.2) is 18.4 Å². The molecule has 1 aromatic heterocycles. The third-order valence-electron chi connectivity index (χ3n) is 9.98. The predicted molar refractivity (Wildman–Crippen MR) is 216 cm³/mol. The number of anilines is 2. The lowest BCUT2D eigenvalue weighted by atomic mass is 9.78. The summed E-state index contributed by atoms with van der Waals surface area (Å²) in [6.45, 7) is 6.85. The monoisotopic (exact) mass is 812 g/mol.